The van der Waals surface area contributed by atoms with Crippen LogP contribution in [-0.4, -0.2) is 40.2 Å². The highest BCUT2D eigenvalue weighted by atomic mass is 32.2. The van der Waals surface area contributed by atoms with Crippen LogP contribution in [0.5, 0.6) is 0 Å². The standard InChI is InChI=1S/C19H23N5OS3/c1-10-12(3)27-17-14(10)15(20-9-21-17)24-7-5-13(6-8-24)16(25)23-19-22-11(2)18(26-4)28-19/h9,13H,5-8H2,1-4H3,(H,22,23,25). The molecule has 0 aromatic carbocycles. The second-order valence-corrected chi connectivity index (χ2v) is 10.3. The second kappa shape index (κ2) is 7.96. The third-order valence-electron chi connectivity index (χ3n) is 5.28. The molecule has 0 spiro atoms. The molecule has 28 heavy (non-hydrogen) atoms. The molecule has 4 rings (SSSR count). The number of fused-ring (bicyclic) bond motifs is 1. The third-order valence-corrected chi connectivity index (χ3v) is 8.68. The molecule has 3 aromatic rings. The predicted octanol–water partition coefficient (Wildman–Crippen LogP) is 4.65. The molecular weight excluding hydrogens is 410 g/mol. The van der Waals surface area contributed by atoms with Crippen molar-refractivity contribution in [1.82, 2.24) is 15.0 Å². The molecule has 1 amide bonds. The highest BCUT2D eigenvalue weighted by Crippen LogP contribution is 2.36. The molecule has 0 aliphatic carbocycles. The maximum absolute atomic E-state index is 12.7. The van der Waals surface area contributed by atoms with E-state index in [-0.39, 0.29) is 11.8 Å². The molecule has 0 radical (unpaired) electrons. The SMILES string of the molecule is CSc1sc(NC(=O)C2CCN(c3ncnc4sc(C)c(C)c34)CC2)nc1C. The quantitative estimate of drug-likeness (QED) is 0.604. The number of nitrogens with zero attached hydrogens (tertiary/aromatic N) is 4. The summed E-state index contributed by atoms with van der Waals surface area (Å²) in [4.78, 5) is 30.8. The lowest BCUT2D eigenvalue weighted by Gasteiger charge is -2.32. The van der Waals surface area contributed by atoms with Crippen molar-refractivity contribution in [2.24, 2.45) is 5.92 Å². The van der Waals surface area contributed by atoms with Crippen LogP contribution in [0.2, 0.25) is 0 Å². The van der Waals surface area contributed by atoms with Crippen molar-refractivity contribution in [3.63, 3.8) is 0 Å². The summed E-state index contributed by atoms with van der Waals surface area (Å²) >= 11 is 4.93. The van der Waals surface area contributed by atoms with E-state index >= 15 is 0 Å². The molecule has 6 nitrogen and oxygen atoms in total. The predicted molar refractivity (Wildman–Crippen MR) is 119 cm³/mol. The fourth-order valence-corrected chi connectivity index (χ4v) is 6.20. The number of thiophene rings is 1. The number of amides is 1. The van der Waals surface area contributed by atoms with Crippen LogP contribution >= 0.6 is 34.4 Å². The average Bonchev–Trinajstić information content (AvgIpc) is 3.20. The molecule has 4 heterocycles. The van der Waals surface area contributed by atoms with E-state index in [4.69, 9.17) is 0 Å². The molecular formula is C19H23N5OS3. The Hall–Kier alpha value is -1.71. The van der Waals surface area contributed by atoms with Crippen molar-refractivity contribution >= 4 is 61.5 Å². The van der Waals surface area contributed by atoms with E-state index in [1.165, 1.54) is 10.4 Å². The summed E-state index contributed by atoms with van der Waals surface area (Å²) in [5.41, 5.74) is 2.25. The zero-order chi connectivity index (χ0) is 19.8. The van der Waals surface area contributed by atoms with Gasteiger partial charge in [0.25, 0.3) is 0 Å². The summed E-state index contributed by atoms with van der Waals surface area (Å²) in [7, 11) is 0. The minimum absolute atomic E-state index is 0.0146. The summed E-state index contributed by atoms with van der Waals surface area (Å²) in [6.07, 6.45) is 5.32. The normalized spacial score (nSPS) is 15.4. The lowest BCUT2D eigenvalue weighted by Crippen LogP contribution is -2.38. The van der Waals surface area contributed by atoms with Crippen molar-refractivity contribution < 1.29 is 4.79 Å². The maximum atomic E-state index is 12.7. The molecule has 0 bridgehead atoms. The molecule has 1 aliphatic heterocycles. The molecule has 1 N–H and O–H groups in total. The van der Waals surface area contributed by atoms with E-state index in [2.05, 4.69) is 39.0 Å². The van der Waals surface area contributed by atoms with E-state index in [1.807, 2.05) is 13.2 Å². The topological polar surface area (TPSA) is 71.0 Å². The molecule has 1 fully saturated rings. The van der Waals surface area contributed by atoms with Gasteiger partial charge in [-0.15, -0.1) is 23.1 Å². The average molecular weight is 434 g/mol. The van der Waals surface area contributed by atoms with Gasteiger partial charge in [-0.1, -0.05) is 11.3 Å². The Morgan fingerprint density at radius 3 is 2.64 bits per heavy atom. The zero-order valence-electron chi connectivity index (χ0n) is 16.4. The smallest absolute Gasteiger partial charge is 0.229 e. The summed E-state index contributed by atoms with van der Waals surface area (Å²) in [5, 5.41) is 4.88. The van der Waals surface area contributed by atoms with Crippen molar-refractivity contribution in [1.29, 1.82) is 0 Å². The van der Waals surface area contributed by atoms with Gasteiger partial charge in [0.15, 0.2) is 5.13 Å². The number of aromatic nitrogens is 3. The number of anilines is 2. The largest absolute Gasteiger partial charge is 0.356 e. The molecule has 0 atom stereocenters. The Morgan fingerprint density at radius 2 is 1.96 bits per heavy atom. The highest BCUT2D eigenvalue weighted by Gasteiger charge is 2.28. The monoisotopic (exact) mass is 433 g/mol. The van der Waals surface area contributed by atoms with Gasteiger partial charge < -0.3 is 10.2 Å². The number of rotatable bonds is 4. The fraction of sp³-hybridized carbons (Fsp3) is 0.474. The van der Waals surface area contributed by atoms with Gasteiger partial charge in [0, 0.05) is 23.9 Å². The van der Waals surface area contributed by atoms with Gasteiger partial charge in [0.1, 0.15) is 17.0 Å². The second-order valence-electron chi connectivity index (χ2n) is 7.01. The Labute approximate surface area is 176 Å². The van der Waals surface area contributed by atoms with E-state index in [9.17, 15) is 4.79 Å². The van der Waals surface area contributed by atoms with Crippen molar-refractivity contribution in [2.45, 2.75) is 37.8 Å². The number of carbonyl (C=O) groups is 1. The number of piperidine rings is 1. The van der Waals surface area contributed by atoms with E-state index in [1.54, 1.807) is 40.8 Å². The van der Waals surface area contributed by atoms with Crippen LogP contribution in [0.3, 0.4) is 0 Å². The number of nitrogens with one attached hydrogen (secondary N) is 1. The Balaban J connectivity index is 1.44. The first-order valence-corrected chi connectivity index (χ1v) is 12.1. The summed E-state index contributed by atoms with van der Waals surface area (Å²) in [5.74, 6) is 1.10. The number of thiazole rings is 1. The summed E-state index contributed by atoms with van der Waals surface area (Å²) in [6, 6.07) is 0. The van der Waals surface area contributed by atoms with Gasteiger partial charge in [-0.3, -0.25) is 4.79 Å². The Morgan fingerprint density at radius 1 is 1.21 bits per heavy atom. The third kappa shape index (κ3) is 3.62. The first kappa shape index (κ1) is 19.6. The van der Waals surface area contributed by atoms with Crippen LogP contribution < -0.4 is 10.2 Å². The number of carbonyl (C=O) groups excluding carboxylic acids is 1. The van der Waals surface area contributed by atoms with Gasteiger partial charge in [-0.2, -0.15) is 0 Å². The highest BCUT2D eigenvalue weighted by molar-refractivity contribution is 8.00. The van der Waals surface area contributed by atoms with Gasteiger partial charge >= 0.3 is 0 Å². The van der Waals surface area contributed by atoms with Crippen molar-refractivity contribution in [2.75, 3.05) is 29.6 Å². The van der Waals surface area contributed by atoms with Gasteiger partial charge in [-0.25, -0.2) is 15.0 Å². The summed E-state index contributed by atoms with van der Waals surface area (Å²) < 4.78 is 1.15. The molecule has 0 unspecified atom stereocenters. The van der Waals surface area contributed by atoms with E-state index < -0.39 is 0 Å². The number of hydrogen-bond donors (Lipinski definition) is 1. The van der Waals surface area contributed by atoms with Gasteiger partial charge in [0.2, 0.25) is 5.91 Å². The lowest BCUT2D eigenvalue weighted by molar-refractivity contribution is -0.120. The zero-order valence-corrected chi connectivity index (χ0v) is 18.9. The fourth-order valence-electron chi connectivity index (χ4n) is 3.59. The Kier molecular flexibility index (Phi) is 5.57. The van der Waals surface area contributed by atoms with E-state index in [0.717, 1.165) is 51.9 Å². The maximum Gasteiger partial charge on any atom is 0.229 e. The molecule has 9 heteroatoms. The van der Waals surface area contributed by atoms with Crippen LogP contribution in [-0.2, 0) is 4.79 Å². The number of thioether (sulfide) groups is 1. The number of aryl methyl sites for hydroxylation is 3. The molecule has 0 saturated carbocycles. The summed E-state index contributed by atoms with van der Waals surface area (Å²) in [6.45, 7) is 7.90. The first-order valence-electron chi connectivity index (χ1n) is 9.26. The van der Waals surface area contributed by atoms with Crippen LogP contribution in [0.4, 0.5) is 10.9 Å². The first-order chi connectivity index (χ1) is 13.5. The van der Waals surface area contributed by atoms with Crippen LogP contribution in [0.1, 0.15) is 29.0 Å². The Bertz CT molecular complexity index is 1020. The minimum atomic E-state index is 0.0146. The van der Waals surface area contributed by atoms with E-state index in [0.29, 0.717) is 5.13 Å². The molecule has 1 aliphatic rings. The van der Waals surface area contributed by atoms with Crippen molar-refractivity contribution in [3.05, 3.63) is 22.5 Å². The molecule has 148 valence electrons. The van der Waals surface area contributed by atoms with Crippen molar-refractivity contribution in [3.8, 4) is 0 Å². The molecule has 3 aromatic heterocycles. The van der Waals surface area contributed by atoms with Gasteiger partial charge in [-0.05, 0) is 45.4 Å². The minimum Gasteiger partial charge on any atom is -0.356 e. The lowest BCUT2D eigenvalue weighted by atomic mass is 9.96. The van der Waals surface area contributed by atoms with Crippen LogP contribution in [0.15, 0.2) is 10.5 Å². The van der Waals surface area contributed by atoms with Crippen LogP contribution in [0, 0.1) is 26.7 Å². The number of hydrogen-bond acceptors (Lipinski definition) is 8. The van der Waals surface area contributed by atoms with Crippen LogP contribution in [0.25, 0.3) is 10.2 Å². The molecule has 1 saturated heterocycles. The van der Waals surface area contributed by atoms with Gasteiger partial charge in [0.05, 0.1) is 15.3 Å².